The summed E-state index contributed by atoms with van der Waals surface area (Å²) in [5.74, 6) is 0.332. The van der Waals surface area contributed by atoms with Gasteiger partial charge in [-0.25, -0.2) is 0 Å². The summed E-state index contributed by atoms with van der Waals surface area (Å²) in [7, 11) is 0. The molecule has 1 amide bonds. The lowest BCUT2D eigenvalue weighted by Crippen LogP contribution is -2.13. The normalized spacial score (nSPS) is 10.4. The standard InChI is InChI=1S/C13H11Cl2NO2/c1-7-6-18-8(2)12(7)13(17)16-11-4-3-9(14)5-10(11)15/h3-6H,1-2H3,(H,16,17). The van der Waals surface area contributed by atoms with Gasteiger partial charge < -0.3 is 9.73 Å². The second kappa shape index (κ2) is 5.04. The Morgan fingerprint density at radius 3 is 2.56 bits per heavy atom. The molecule has 1 N–H and O–H groups in total. The van der Waals surface area contributed by atoms with E-state index in [2.05, 4.69) is 5.32 Å². The van der Waals surface area contributed by atoms with Gasteiger partial charge in [-0.3, -0.25) is 4.79 Å². The van der Waals surface area contributed by atoms with E-state index in [4.69, 9.17) is 27.6 Å². The highest BCUT2D eigenvalue weighted by molar-refractivity contribution is 6.36. The molecule has 5 heteroatoms. The first-order valence-corrected chi connectivity index (χ1v) is 6.05. The number of hydrogen-bond donors (Lipinski definition) is 1. The molecule has 18 heavy (non-hydrogen) atoms. The smallest absolute Gasteiger partial charge is 0.259 e. The van der Waals surface area contributed by atoms with Crippen LogP contribution in [-0.4, -0.2) is 5.91 Å². The molecule has 1 aromatic carbocycles. The van der Waals surface area contributed by atoms with Crippen LogP contribution >= 0.6 is 23.2 Å². The third-order valence-corrected chi connectivity index (χ3v) is 3.11. The summed E-state index contributed by atoms with van der Waals surface area (Å²) in [4.78, 5) is 12.1. The molecule has 2 rings (SSSR count). The molecule has 0 saturated carbocycles. The lowest BCUT2D eigenvalue weighted by molar-refractivity contribution is 0.102. The Balaban J connectivity index is 2.27. The molecule has 3 nitrogen and oxygen atoms in total. The second-order valence-electron chi connectivity index (χ2n) is 3.93. The lowest BCUT2D eigenvalue weighted by Gasteiger charge is -2.07. The van der Waals surface area contributed by atoms with Gasteiger partial charge >= 0.3 is 0 Å². The van der Waals surface area contributed by atoms with Crippen LogP contribution in [-0.2, 0) is 0 Å². The number of aryl methyl sites for hydroxylation is 2. The molecule has 0 spiro atoms. The summed E-state index contributed by atoms with van der Waals surface area (Å²) in [6.45, 7) is 3.56. The van der Waals surface area contributed by atoms with E-state index in [-0.39, 0.29) is 5.91 Å². The van der Waals surface area contributed by atoms with Gasteiger partial charge in [0, 0.05) is 10.6 Å². The van der Waals surface area contributed by atoms with Gasteiger partial charge in [0.05, 0.1) is 22.5 Å². The summed E-state index contributed by atoms with van der Waals surface area (Å²) in [6.07, 6.45) is 1.55. The van der Waals surface area contributed by atoms with E-state index in [1.165, 1.54) is 0 Å². The zero-order valence-corrected chi connectivity index (χ0v) is 11.4. The van der Waals surface area contributed by atoms with Crippen LogP contribution in [0.3, 0.4) is 0 Å². The van der Waals surface area contributed by atoms with E-state index in [1.807, 2.05) is 6.92 Å². The molecule has 0 atom stereocenters. The average Bonchev–Trinajstić information content (AvgIpc) is 2.62. The van der Waals surface area contributed by atoms with Crippen molar-refractivity contribution in [2.24, 2.45) is 0 Å². The Labute approximate surface area is 115 Å². The van der Waals surface area contributed by atoms with Crippen LogP contribution < -0.4 is 5.32 Å². The summed E-state index contributed by atoms with van der Waals surface area (Å²) < 4.78 is 5.19. The zero-order valence-electron chi connectivity index (χ0n) is 9.88. The molecule has 0 unspecified atom stereocenters. The number of rotatable bonds is 2. The molecule has 0 fully saturated rings. The van der Waals surface area contributed by atoms with Crippen LogP contribution in [0.5, 0.6) is 0 Å². The van der Waals surface area contributed by atoms with E-state index in [0.29, 0.717) is 27.1 Å². The van der Waals surface area contributed by atoms with Crippen LogP contribution in [0, 0.1) is 13.8 Å². The number of benzene rings is 1. The van der Waals surface area contributed by atoms with Crippen molar-refractivity contribution < 1.29 is 9.21 Å². The maximum atomic E-state index is 12.1. The van der Waals surface area contributed by atoms with Crippen molar-refractivity contribution in [1.29, 1.82) is 0 Å². The Hall–Kier alpha value is -1.45. The molecular formula is C13H11Cl2NO2. The minimum absolute atomic E-state index is 0.247. The summed E-state index contributed by atoms with van der Waals surface area (Å²) >= 11 is 11.8. The van der Waals surface area contributed by atoms with Crippen LogP contribution in [0.1, 0.15) is 21.7 Å². The van der Waals surface area contributed by atoms with Crippen molar-refractivity contribution in [2.75, 3.05) is 5.32 Å². The molecule has 94 valence electrons. The molecule has 0 saturated heterocycles. The Kier molecular flexibility index (Phi) is 3.64. The van der Waals surface area contributed by atoms with Crippen molar-refractivity contribution in [3.05, 3.63) is 51.4 Å². The maximum Gasteiger partial charge on any atom is 0.259 e. The molecule has 0 aliphatic heterocycles. The van der Waals surface area contributed by atoms with E-state index in [0.717, 1.165) is 5.56 Å². The largest absolute Gasteiger partial charge is 0.469 e. The van der Waals surface area contributed by atoms with Gasteiger partial charge in [-0.1, -0.05) is 23.2 Å². The summed E-state index contributed by atoms with van der Waals surface area (Å²) in [5.41, 5.74) is 1.84. The first-order valence-electron chi connectivity index (χ1n) is 5.30. The van der Waals surface area contributed by atoms with Crippen LogP contribution in [0.15, 0.2) is 28.9 Å². The van der Waals surface area contributed by atoms with Crippen molar-refractivity contribution in [1.82, 2.24) is 0 Å². The maximum absolute atomic E-state index is 12.1. The fourth-order valence-corrected chi connectivity index (χ4v) is 2.14. The van der Waals surface area contributed by atoms with Crippen molar-refractivity contribution in [3.63, 3.8) is 0 Å². The molecule has 0 aliphatic rings. The van der Waals surface area contributed by atoms with E-state index in [1.54, 1.807) is 31.4 Å². The average molecular weight is 284 g/mol. The summed E-state index contributed by atoms with van der Waals surface area (Å²) in [6, 6.07) is 4.90. The fourth-order valence-electron chi connectivity index (χ4n) is 1.69. The van der Waals surface area contributed by atoms with Gasteiger partial charge in [-0.2, -0.15) is 0 Å². The molecular weight excluding hydrogens is 273 g/mol. The van der Waals surface area contributed by atoms with E-state index < -0.39 is 0 Å². The lowest BCUT2D eigenvalue weighted by atomic mass is 10.1. The quantitative estimate of drug-likeness (QED) is 0.884. The zero-order chi connectivity index (χ0) is 13.3. The van der Waals surface area contributed by atoms with Gasteiger partial charge in [0.2, 0.25) is 0 Å². The number of carbonyl (C=O) groups is 1. The molecule has 1 heterocycles. The van der Waals surface area contributed by atoms with Crippen molar-refractivity contribution >= 4 is 34.8 Å². The highest BCUT2D eigenvalue weighted by Crippen LogP contribution is 2.26. The van der Waals surface area contributed by atoms with Gasteiger partial charge in [-0.15, -0.1) is 0 Å². The second-order valence-corrected chi connectivity index (χ2v) is 4.77. The summed E-state index contributed by atoms with van der Waals surface area (Å²) in [5, 5.41) is 3.65. The highest BCUT2D eigenvalue weighted by atomic mass is 35.5. The first kappa shape index (κ1) is 13.0. The highest BCUT2D eigenvalue weighted by Gasteiger charge is 2.16. The number of anilines is 1. The number of halogens is 2. The monoisotopic (exact) mass is 283 g/mol. The van der Waals surface area contributed by atoms with Gasteiger partial charge in [-0.05, 0) is 32.0 Å². The Morgan fingerprint density at radius 1 is 1.28 bits per heavy atom. The number of furan rings is 1. The topological polar surface area (TPSA) is 42.2 Å². The molecule has 1 aromatic heterocycles. The Bertz CT molecular complexity index is 586. The van der Waals surface area contributed by atoms with Crippen molar-refractivity contribution in [2.45, 2.75) is 13.8 Å². The number of nitrogens with one attached hydrogen (secondary N) is 1. The first-order chi connectivity index (χ1) is 8.49. The van der Waals surface area contributed by atoms with Crippen LogP contribution in [0.2, 0.25) is 10.0 Å². The minimum Gasteiger partial charge on any atom is -0.469 e. The molecule has 2 aromatic rings. The van der Waals surface area contributed by atoms with Gasteiger partial charge in [0.15, 0.2) is 0 Å². The van der Waals surface area contributed by atoms with Gasteiger partial charge in [0.1, 0.15) is 5.76 Å². The van der Waals surface area contributed by atoms with Crippen LogP contribution in [0.25, 0.3) is 0 Å². The van der Waals surface area contributed by atoms with E-state index >= 15 is 0 Å². The number of carbonyl (C=O) groups excluding carboxylic acids is 1. The molecule has 0 radical (unpaired) electrons. The molecule has 0 bridgehead atoms. The number of amides is 1. The Morgan fingerprint density at radius 2 is 2.00 bits per heavy atom. The SMILES string of the molecule is Cc1coc(C)c1C(=O)Nc1ccc(Cl)cc1Cl. The van der Waals surface area contributed by atoms with Crippen molar-refractivity contribution in [3.8, 4) is 0 Å². The van der Waals surface area contributed by atoms with E-state index in [9.17, 15) is 4.79 Å². The van der Waals surface area contributed by atoms with Crippen LogP contribution in [0.4, 0.5) is 5.69 Å². The van der Waals surface area contributed by atoms with Gasteiger partial charge in [0.25, 0.3) is 5.91 Å². The predicted octanol–water partition coefficient (Wildman–Crippen LogP) is 4.46. The predicted molar refractivity (Wildman–Crippen MR) is 72.6 cm³/mol. The third-order valence-electron chi connectivity index (χ3n) is 2.57. The molecule has 0 aliphatic carbocycles. The number of hydrogen-bond acceptors (Lipinski definition) is 2. The minimum atomic E-state index is -0.247. The fraction of sp³-hybridized carbons (Fsp3) is 0.154. The third kappa shape index (κ3) is 2.52.